The molecule has 0 atom stereocenters. The van der Waals surface area contributed by atoms with Crippen molar-refractivity contribution in [1.29, 1.82) is 0 Å². The van der Waals surface area contributed by atoms with Crippen LogP contribution >= 0.6 is 0 Å². The molecule has 1 N–H and O–H groups in total. The van der Waals surface area contributed by atoms with Gasteiger partial charge in [0.1, 0.15) is 23.6 Å². The van der Waals surface area contributed by atoms with Crippen molar-refractivity contribution in [2.24, 2.45) is 0 Å². The van der Waals surface area contributed by atoms with Gasteiger partial charge in [0.25, 0.3) is 5.91 Å². The molecule has 2 heterocycles. The van der Waals surface area contributed by atoms with Crippen molar-refractivity contribution in [2.75, 3.05) is 26.2 Å². The molecule has 0 aromatic heterocycles. The zero-order valence-corrected chi connectivity index (χ0v) is 18.2. The maximum Gasteiger partial charge on any atom is 0.292 e. The van der Waals surface area contributed by atoms with Crippen molar-refractivity contribution in [1.82, 2.24) is 9.80 Å². The van der Waals surface area contributed by atoms with Crippen molar-refractivity contribution in [2.45, 2.75) is 6.04 Å². The standard InChI is InChI=1S/C26H22F2N2O4/c27-19-5-1-17(2-6-19)25(18-3-7-20(28)8-4-18)29-11-13-30(14-12-29)26(32)24-16-33-23-15-21(31)9-10-22(23)34-24/h1-10,15-16,25,31H,11-14H2. The number of aromatic hydroxyl groups is 1. The normalized spacial score (nSPS) is 15.9. The van der Waals surface area contributed by atoms with Crippen LogP contribution in [-0.4, -0.2) is 47.0 Å². The van der Waals surface area contributed by atoms with Crippen LogP contribution in [0.3, 0.4) is 0 Å². The van der Waals surface area contributed by atoms with Crippen molar-refractivity contribution in [3.05, 3.63) is 102 Å². The van der Waals surface area contributed by atoms with Crippen molar-refractivity contribution in [3.63, 3.8) is 0 Å². The van der Waals surface area contributed by atoms with E-state index in [1.165, 1.54) is 42.7 Å². The average Bonchev–Trinajstić information content (AvgIpc) is 2.86. The third-order valence-electron chi connectivity index (χ3n) is 5.99. The molecular formula is C26H22F2N2O4. The fourth-order valence-corrected chi connectivity index (χ4v) is 4.27. The van der Waals surface area contributed by atoms with Crippen LogP contribution in [0.2, 0.25) is 0 Å². The van der Waals surface area contributed by atoms with Gasteiger partial charge in [0.2, 0.25) is 5.76 Å². The Kier molecular flexibility index (Phi) is 5.90. The van der Waals surface area contributed by atoms with Gasteiger partial charge in [-0.05, 0) is 47.5 Å². The predicted octanol–water partition coefficient (Wildman–Crippen LogP) is 4.22. The zero-order chi connectivity index (χ0) is 23.7. The molecule has 0 saturated carbocycles. The largest absolute Gasteiger partial charge is 0.508 e. The van der Waals surface area contributed by atoms with Gasteiger partial charge in [0, 0.05) is 32.2 Å². The van der Waals surface area contributed by atoms with Crippen LogP contribution in [0, 0.1) is 11.6 Å². The first-order valence-corrected chi connectivity index (χ1v) is 10.9. The van der Waals surface area contributed by atoms with Crippen LogP contribution in [0.5, 0.6) is 17.2 Å². The van der Waals surface area contributed by atoms with E-state index in [1.807, 2.05) is 0 Å². The number of amides is 1. The Bertz CT molecular complexity index is 1180. The van der Waals surface area contributed by atoms with Crippen LogP contribution in [0.25, 0.3) is 0 Å². The number of hydrogen-bond donors (Lipinski definition) is 1. The third kappa shape index (κ3) is 4.45. The van der Waals surface area contributed by atoms with E-state index in [2.05, 4.69) is 4.90 Å². The number of fused-ring (bicyclic) bond motifs is 1. The highest BCUT2D eigenvalue weighted by Crippen LogP contribution is 2.36. The lowest BCUT2D eigenvalue weighted by molar-refractivity contribution is -0.131. The molecule has 34 heavy (non-hydrogen) atoms. The Morgan fingerprint density at radius 1 is 0.824 bits per heavy atom. The molecular weight excluding hydrogens is 442 g/mol. The number of benzene rings is 3. The van der Waals surface area contributed by atoms with Crippen molar-refractivity contribution in [3.8, 4) is 17.2 Å². The zero-order valence-electron chi connectivity index (χ0n) is 18.2. The minimum absolute atomic E-state index is 0.0403. The number of carbonyl (C=O) groups excluding carboxylic acids is 1. The van der Waals surface area contributed by atoms with Crippen molar-refractivity contribution < 1.29 is 28.2 Å². The predicted molar refractivity (Wildman–Crippen MR) is 120 cm³/mol. The van der Waals surface area contributed by atoms with Gasteiger partial charge in [-0.15, -0.1) is 0 Å². The molecule has 0 spiro atoms. The van der Waals surface area contributed by atoms with E-state index in [4.69, 9.17) is 9.47 Å². The van der Waals surface area contributed by atoms with Gasteiger partial charge in [0.15, 0.2) is 11.5 Å². The van der Waals surface area contributed by atoms with Gasteiger partial charge in [-0.1, -0.05) is 24.3 Å². The van der Waals surface area contributed by atoms with E-state index in [-0.39, 0.29) is 35.1 Å². The topological polar surface area (TPSA) is 62.2 Å². The minimum atomic E-state index is -0.322. The van der Waals surface area contributed by atoms with E-state index >= 15 is 0 Å². The van der Waals surface area contributed by atoms with Gasteiger partial charge in [0.05, 0.1) is 6.04 Å². The summed E-state index contributed by atoms with van der Waals surface area (Å²) in [6, 6.07) is 16.8. The van der Waals surface area contributed by atoms with E-state index in [1.54, 1.807) is 35.2 Å². The van der Waals surface area contributed by atoms with E-state index in [0.29, 0.717) is 37.7 Å². The van der Waals surface area contributed by atoms with Crippen LogP contribution in [0.15, 0.2) is 78.8 Å². The van der Waals surface area contributed by atoms with Gasteiger partial charge in [-0.3, -0.25) is 9.69 Å². The lowest BCUT2D eigenvalue weighted by Crippen LogP contribution is -2.50. The van der Waals surface area contributed by atoms with Gasteiger partial charge < -0.3 is 19.5 Å². The molecule has 1 saturated heterocycles. The number of carbonyl (C=O) groups is 1. The number of ether oxygens (including phenoxy) is 2. The summed E-state index contributed by atoms with van der Waals surface area (Å²) in [6.07, 6.45) is 1.25. The maximum atomic E-state index is 13.5. The summed E-state index contributed by atoms with van der Waals surface area (Å²) in [5.74, 6) is -0.136. The number of hydrogen-bond acceptors (Lipinski definition) is 5. The fourth-order valence-electron chi connectivity index (χ4n) is 4.27. The summed E-state index contributed by atoms with van der Waals surface area (Å²) in [4.78, 5) is 16.9. The summed E-state index contributed by atoms with van der Waals surface area (Å²) in [7, 11) is 0. The van der Waals surface area contributed by atoms with Crippen LogP contribution in [-0.2, 0) is 4.79 Å². The Morgan fingerprint density at radius 3 is 2.00 bits per heavy atom. The molecule has 3 aromatic rings. The number of phenolic OH excluding ortho intramolecular Hbond substituents is 1. The summed E-state index contributed by atoms with van der Waals surface area (Å²) in [5, 5.41) is 9.56. The first-order chi connectivity index (χ1) is 16.5. The van der Waals surface area contributed by atoms with Gasteiger partial charge in [-0.25, -0.2) is 8.78 Å². The third-order valence-corrected chi connectivity index (χ3v) is 5.99. The number of nitrogens with zero attached hydrogens (tertiary/aromatic N) is 2. The molecule has 0 unspecified atom stereocenters. The summed E-state index contributed by atoms with van der Waals surface area (Å²) in [5.41, 5.74) is 1.78. The quantitative estimate of drug-likeness (QED) is 0.627. The summed E-state index contributed by atoms with van der Waals surface area (Å²) in [6.45, 7) is 2.01. The summed E-state index contributed by atoms with van der Waals surface area (Å²) >= 11 is 0. The smallest absolute Gasteiger partial charge is 0.292 e. The number of halogens is 2. The second-order valence-electron chi connectivity index (χ2n) is 8.17. The van der Waals surface area contributed by atoms with E-state index in [9.17, 15) is 18.7 Å². The minimum Gasteiger partial charge on any atom is -0.508 e. The summed E-state index contributed by atoms with van der Waals surface area (Å²) < 4.78 is 38.2. The highest BCUT2D eigenvalue weighted by molar-refractivity contribution is 5.92. The molecule has 0 aliphatic carbocycles. The van der Waals surface area contributed by atoms with Gasteiger partial charge in [-0.2, -0.15) is 0 Å². The number of piperazine rings is 1. The molecule has 6 nitrogen and oxygen atoms in total. The average molecular weight is 464 g/mol. The van der Waals surface area contributed by atoms with Crippen LogP contribution in [0.4, 0.5) is 8.78 Å². The highest BCUT2D eigenvalue weighted by Gasteiger charge is 2.31. The first-order valence-electron chi connectivity index (χ1n) is 10.9. The molecule has 1 amide bonds. The molecule has 3 aromatic carbocycles. The van der Waals surface area contributed by atoms with Gasteiger partial charge >= 0.3 is 0 Å². The molecule has 8 heteroatoms. The lowest BCUT2D eigenvalue weighted by atomic mass is 9.96. The Balaban J connectivity index is 1.30. The second-order valence-corrected chi connectivity index (χ2v) is 8.17. The van der Waals surface area contributed by atoms with Crippen molar-refractivity contribution >= 4 is 5.91 Å². The Labute approximate surface area is 195 Å². The van der Waals surface area contributed by atoms with E-state index < -0.39 is 0 Å². The van der Waals surface area contributed by atoms with E-state index in [0.717, 1.165) is 11.1 Å². The molecule has 1 fully saturated rings. The Morgan fingerprint density at radius 2 is 1.41 bits per heavy atom. The first kappa shape index (κ1) is 21.9. The Hall–Kier alpha value is -3.91. The molecule has 5 rings (SSSR count). The number of phenols is 1. The molecule has 174 valence electrons. The monoisotopic (exact) mass is 464 g/mol. The molecule has 2 aliphatic rings. The van der Waals surface area contributed by atoms with Crippen LogP contribution in [0.1, 0.15) is 17.2 Å². The number of rotatable bonds is 4. The molecule has 0 bridgehead atoms. The highest BCUT2D eigenvalue weighted by atomic mass is 19.1. The lowest BCUT2D eigenvalue weighted by Gasteiger charge is -2.40. The molecule has 0 radical (unpaired) electrons. The fraction of sp³-hybridized carbons (Fsp3) is 0.192. The second kappa shape index (κ2) is 9.15. The van der Waals surface area contributed by atoms with Crippen LogP contribution < -0.4 is 9.47 Å². The maximum absolute atomic E-state index is 13.5. The SMILES string of the molecule is O=C(C1=COc2cc(O)ccc2O1)N1CCN(C(c2ccc(F)cc2)c2ccc(F)cc2)CC1. The molecule has 2 aliphatic heterocycles.